The Morgan fingerprint density at radius 3 is 2.96 bits per heavy atom. The van der Waals surface area contributed by atoms with Crippen molar-refractivity contribution in [3.8, 4) is 0 Å². The summed E-state index contributed by atoms with van der Waals surface area (Å²) in [7, 11) is 0. The van der Waals surface area contributed by atoms with Gasteiger partial charge in [0.1, 0.15) is 5.82 Å². The van der Waals surface area contributed by atoms with Crippen molar-refractivity contribution >= 4 is 17.4 Å². The van der Waals surface area contributed by atoms with E-state index in [0.29, 0.717) is 18.8 Å². The highest BCUT2D eigenvalue weighted by molar-refractivity contribution is 5.99. The lowest BCUT2D eigenvalue weighted by molar-refractivity contribution is 0.0931. The number of hydrogen-bond donors (Lipinski definition) is 2. The summed E-state index contributed by atoms with van der Waals surface area (Å²) in [6, 6.07) is 9.66. The predicted molar refractivity (Wildman–Crippen MR) is 101 cm³/mol. The molecule has 2 aliphatic rings. The minimum Gasteiger partial charge on any atom is -0.399 e. The fourth-order valence-corrected chi connectivity index (χ4v) is 3.82. The van der Waals surface area contributed by atoms with Gasteiger partial charge in [-0.2, -0.15) is 0 Å². The molecule has 1 saturated heterocycles. The molecule has 0 saturated carbocycles. The van der Waals surface area contributed by atoms with Gasteiger partial charge in [0.25, 0.3) is 5.91 Å². The van der Waals surface area contributed by atoms with Crippen molar-refractivity contribution < 1.29 is 9.53 Å². The van der Waals surface area contributed by atoms with Gasteiger partial charge in [-0.3, -0.25) is 4.79 Å². The van der Waals surface area contributed by atoms with Crippen molar-refractivity contribution in [2.24, 2.45) is 0 Å². The Balaban J connectivity index is 1.56. The van der Waals surface area contributed by atoms with E-state index in [9.17, 15) is 4.79 Å². The van der Waals surface area contributed by atoms with Crippen LogP contribution < -0.4 is 16.0 Å². The molecule has 136 valence electrons. The van der Waals surface area contributed by atoms with Crippen molar-refractivity contribution in [2.45, 2.75) is 25.3 Å². The highest BCUT2D eigenvalue weighted by Gasteiger charge is 2.25. The topological polar surface area (TPSA) is 80.5 Å². The largest absolute Gasteiger partial charge is 0.399 e. The average Bonchev–Trinajstić information content (AvgIpc) is 2.68. The number of amides is 1. The Hall–Kier alpha value is -2.60. The maximum Gasteiger partial charge on any atom is 0.255 e. The summed E-state index contributed by atoms with van der Waals surface area (Å²) >= 11 is 0. The Kier molecular flexibility index (Phi) is 4.75. The summed E-state index contributed by atoms with van der Waals surface area (Å²) in [5, 5.41) is 3.21. The number of rotatable bonds is 3. The van der Waals surface area contributed by atoms with Crippen LogP contribution in [0.5, 0.6) is 0 Å². The van der Waals surface area contributed by atoms with Crippen LogP contribution in [0.15, 0.2) is 36.5 Å². The van der Waals surface area contributed by atoms with Crippen LogP contribution in [-0.2, 0) is 11.2 Å². The van der Waals surface area contributed by atoms with E-state index < -0.39 is 0 Å². The zero-order valence-corrected chi connectivity index (χ0v) is 14.8. The average molecular weight is 352 g/mol. The number of nitrogens with one attached hydrogen (secondary N) is 1. The molecule has 6 heteroatoms. The molecule has 0 radical (unpaired) electrons. The lowest BCUT2D eigenvalue weighted by Gasteiger charge is -2.30. The zero-order valence-electron chi connectivity index (χ0n) is 14.8. The van der Waals surface area contributed by atoms with E-state index in [2.05, 4.69) is 15.2 Å². The molecular formula is C20H24N4O2. The molecule has 1 amide bonds. The molecule has 1 atom stereocenters. The molecule has 4 rings (SSSR count). The number of pyridine rings is 1. The third-order valence-corrected chi connectivity index (χ3v) is 5.13. The molecule has 1 aromatic carbocycles. The third kappa shape index (κ3) is 3.37. The van der Waals surface area contributed by atoms with Crippen molar-refractivity contribution in [3.05, 3.63) is 53.2 Å². The molecule has 2 heterocycles. The fourth-order valence-electron chi connectivity index (χ4n) is 3.82. The van der Waals surface area contributed by atoms with Crippen molar-refractivity contribution in [1.82, 2.24) is 10.3 Å². The first-order valence-electron chi connectivity index (χ1n) is 9.19. The minimum absolute atomic E-state index is 0.0181. The van der Waals surface area contributed by atoms with Gasteiger partial charge >= 0.3 is 0 Å². The van der Waals surface area contributed by atoms with Crippen LogP contribution in [0.2, 0.25) is 0 Å². The standard InChI is InChI=1S/C20H24N4O2/c21-15-6-7-16-14(13-15)3-1-5-18(16)23-20(25)17-4-2-8-22-19(17)24-9-11-26-12-10-24/h2,4,6-8,13,18H,1,3,5,9-12,21H2,(H,23,25). The van der Waals surface area contributed by atoms with Crippen LogP contribution in [0.3, 0.4) is 0 Å². The van der Waals surface area contributed by atoms with E-state index in [1.807, 2.05) is 30.3 Å². The molecule has 0 bridgehead atoms. The van der Waals surface area contributed by atoms with Crippen LogP contribution in [0.25, 0.3) is 0 Å². The van der Waals surface area contributed by atoms with E-state index >= 15 is 0 Å². The van der Waals surface area contributed by atoms with Gasteiger partial charge in [0.2, 0.25) is 0 Å². The summed E-state index contributed by atoms with van der Waals surface area (Å²) in [5.41, 5.74) is 9.72. The lowest BCUT2D eigenvalue weighted by atomic mass is 9.87. The van der Waals surface area contributed by atoms with Gasteiger partial charge in [0.05, 0.1) is 24.8 Å². The number of fused-ring (bicyclic) bond motifs is 1. The maximum absolute atomic E-state index is 13.0. The fraction of sp³-hybridized carbons (Fsp3) is 0.400. The number of ether oxygens (including phenoxy) is 1. The van der Waals surface area contributed by atoms with Crippen LogP contribution in [0.1, 0.15) is 40.4 Å². The number of aromatic nitrogens is 1. The number of anilines is 2. The number of aryl methyl sites for hydroxylation is 1. The second-order valence-electron chi connectivity index (χ2n) is 6.85. The van der Waals surface area contributed by atoms with E-state index in [1.165, 1.54) is 11.1 Å². The number of nitrogen functional groups attached to an aromatic ring is 1. The van der Waals surface area contributed by atoms with Gasteiger partial charge in [-0.05, 0) is 54.7 Å². The summed E-state index contributed by atoms with van der Waals surface area (Å²) < 4.78 is 5.41. The lowest BCUT2D eigenvalue weighted by Crippen LogP contribution is -2.39. The van der Waals surface area contributed by atoms with Crippen molar-refractivity contribution in [1.29, 1.82) is 0 Å². The quantitative estimate of drug-likeness (QED) is 0.829. The van der Waals surface area contributed by atoms with E-state index in [1.54, 1.807) is 6.20 Å². The molecule has 26 heavy (non-hydrogen) atoms. The number of benzene rings is 1. The van der Waals surface area contributed by atoms with E-state index in [4.69, 9.17) is 10.5 Å². The Labute approximate surface area is 153 Å². The van der Waals surface area contributed by atoms with Crippen molar-refractivity contribution in [2.75, 3.05) is 36.9 Å². The Morgan fingerprint density at radius 2 is 2.12 bits per heavy atom. The first-order valence-corrected chi connectivity index (χ1v) is 9.19. The summed E-state index contributed by atoms with van der Waals surface area (Å²) in [6.07, 6.45) is 4.74. The zero-order chi connectivity index (χ0) is 17.9. The molecular weight excluding hydrogens is 328 g/mol. The monoisotopic (exact) mass is 352 g/mol. The summed E-state index contributed by atoms with van der Waals surface area (Å²) in [6.45, 7) is 2.83. The molecule has 6 nitrogen and oxygen atoms in total. The molecule has 2 aromatic rings. The normalized spacial score (nSPS) is 19.7. The number of carbonyl (C=O) groups is 1. The van der Waals surface area contributed by atoms with Gasteiger partial charge in [0.15, 0.2) is 0 Å². The first kappa shape index (κ1) is 16.8. The van der Waals surface area contributed by atoms with Gasteiger partial charge in [0, 0.05) is 25.0 Å². The maximum atomic E-state index is 13.0. The summed E-state index contributed by atoms with van der Waals surface area (Å²) in [5.74, 6) is 0.663. The van der Waals surface area contributed by atoms with Gasteiger partial charge in [-0.1, -0.05) is 6.07 Å². The SMILES string of the molecule is Nc1ccc2c(c1)CCCC2NC(=O)c1cccnc1N1CCOCC1. The van der Waals surface area contributed by atoms with Crippen LogP contribution in [0, 0.1) is 0 Å². The van der Waals surface area contributed by atoms with E-state index in [-0.39, 0.29) is 11.9 Å². The molecule has 3 N–H and O–H groups in total. The molecule has 1 aliphatic heterocycles. The summed E-state index contributed by atoms with van der Waals surface area (Å²) in [4.78, 5) is 19.6. The van der Waals surface area contributed by atoms with E-state index in [0.717, 1.165) is 43.9 Å². The Bertz CT molecular complexity index is 802. The van der Waals surface area contributed by atoms with Gasteiger partial charge in [-0.15, -0.1) is 0 Å². The van der Waals surface area contributed by atoms with Crippen molar-refractivity contribution in [3.63, 3.8) is 0 Å². The molecule has 1 unspecified atom stereocenters. The minimum atomic E-state index is -0.0748. The van der Waals surface area contributed by atoms with Gasteiger partial charge < -0.3 is 20.7 Å². The first-order chi connectivity index (χ1) is 12.7. The molecule has 1 fully saturated rings. The number of nitrogens with two attached hydrogens (primary N) is 1. The number of nitrogens with zero attached hydrogens (tertiary/aromatic N) is 2. The smallest absolute Gasteiger partial charge is 0.255 e. The second-order valence-corrected chi connectivity index (χ2v) is 6.85. The highest BCUT2D eigenvalue weighted by Crippen LogP contribution is 2.31. The van der Waals surface area contributed by atoms with Crippen LogP contribution in [-0.4, -0.2) is 37.2 Å². The number of hydrogen-bond acceptors (Lipinski definition) is 5. The number of carbonyl (C=O) groups excluding carboxylic acids is 1. The Morgan fingerprint density at radius 1 is 1.27 bits per heavy atom. The second kappa shape index (κ2) is 7.33. The number of morpholine rings is 1. The molecule has 1 aliphatic carbocycles. The van der Waals surface area contributed by atoms with Crippen LogP contribution >= 0.6 is 0 Å². The van der Waals surface area contributed by atoms with Crippen LogP contribution in [0.4, 0.5) is 11.5 Å². The highest BCUT2D eigenvalue weighted by atomic mass is 16.5. The molecule has 0 spiro atoms. The molecule has 1 aromatic heterocycles. The predicted octanol–water partition coefficient (Wildman–Crippen LogP) is 2.31. The van der Waals surface area contributed by atoms with Gasteiger partial charge in [-0.25, -0.2) is 4.98 Å². The third-order valence-electron chi connectivity index (χ3n) is 5.13.